The van der Waals surface area contributed by atoms with Gasteiger partial charge in [-0.2, -0.15) is 11.8 Å². The number of fused-ring (bicyclic) bond motifs is 1. The van der Waals surface area contributed by atoms with E-state index in [0.29, 0.717) is 17.7 Å². The second-order valence-electron chi connectivity index (χ2n) is 6.34. The van der Waals surface area contributed by atoms with Crippen LogP contribution in [0.3, 0.4) is 0 Å². The molecule has 2 aromatic carbocycles. The molecule has 1 heterocycles. The minimum absolute atomic E-state index is 0.108. The van der Waals surface area contributed by atoms with Gasteiger partial charge in [0.2, 0.25) is 0 Å². The van der Waals surface area contributed by atoms with Gasteiger partial charge >= 0.3 is 0 Å². The number of thioether (sulfide) groups is 1. The number of nitro groups is 1. The van der Waals surface area contributed by atoms with Gasteiger partial charge in [0.15, 0.2) is 0 Å². The number of rotatable bonds is 9. The zero-order valence-electron chi connectivity index (χ0n) is 14.8. The molecule has 0 aliphatic carbocycles. The minimum Gasteiger partial charge on any atom is -0.274 e. The maximum absolute atomic E-state index is 12.3. The Morgan fingerprint density at radius 2 is 1.52 bits per heavy atom. The molecule has 0 spiro atoms. The van der Waals surface area contributed by atoms with E-state index < -0.39 is 4.92 Å². The summed E-state index contributed by atoms with van der Waals surface area (Å²) in [6, 6.07) is 13.6. The summed E-state index contributed by atoms with van der Waals surface area (Å²) in [4.78, 5) is 36.1. The van der Waals surface area contributed by atoms with Gasteiger partial charge in [-0.1, -0.05) is 30.7 Å². The molecule has 0 saturated carbocycles. The highest BCUT2D eigenvalue weighted by molar-refractivity contribution is 7.98. The van der Waals surface area contributed by atoms with Gasteiger partial charge in [-0.25, -0.2) is 0 Å². The fourth-order valence-electron chi connectivity index (χ4n) is 3.00. The number of benzene rings is 2. The van der Waals surface area contributed by atoms with Crippen LogP contribution in [0.1, 0.15) is 45.5 Å². The number of amides is 2. The fourth-order valence-corrected chi connectivity index (χ4v) is 3.98. The number of carbonyl (C=O) groups is 2. The average Bonchev–Trinajstić information content (AvgIpc) is 2.92. The van der Waals surface area contributed by atoms with Crippen molar-refractivity contribution in [2.24, 2.45) is 0 Å². The van der Waals surface area contributed by atoms with E-state index in [4.69, 9.17) is 0 Å². The molecule has 0 atom stereocenters. The molecule has 7 heteroatoms. The van der Waals surface area contributed by atoms with Crippen molar-refractivity contribution in [3.63, 3.8) is 0 Å². The molecule has 0 fully saturated rings. The van der Waals surface area contributed by atoms with Crippen molar-refractivity contribution in [2.75, 3.05) is 12.3 Å². The van der Waals surface area contributed by atoms with Crippen LogP contribution < -0.4 is 0 Å². The van der Waals surface area contributed by atoms with Crippen LogP contribution in [0.15, 0.2) is 48.5 Å². The van der Waals surface area contributed by atoms with Crippen molar-refractivity contribution in [1.29, 1.82) is 0 Å². The molecule has 27 heavy (non-hydrogen) atoms. The Hall–Kier alpha value is -2.67. The minimum atomic E-state index is -0.398. The van der Waals surface area contributed by atoms with Gasteiger partial charge in [-0.05, 0) is 36.3 Å². The first-order valence-corrected chi connectivity index (χ1v) is 9.99. The first-order valence-electron chi connectivity index (χ1n) is 8.84. The first kappa shape index (κ1) is 19.1. The van der Waals surface area contributed by atoms with Crippen molar-refractivity contribution in [3.05, 3.63) is 75.3 Å². The van der Waals surface area contributed by atoms with Crippen molar-refractivity contribution >= 4 is 29.3 Å². The van der Waals surface area contributed by atoms with E-state index in [9.17, 15) is 19.7 Å². The second kappa shape index (κ2) is 8.81. The lowest BCUT2D eigenvalue weighted by molar-refractivity contribution is -0.384. The van der Waals surface area contributed by atoms with Crippen LogP contribution >= 0.6 is 11.8 Å². The summed E-state index contributed by atoms with van der Waals surface area (Å²) >= 11 is 1.78. The Morgan fingerprint density at radius 1 is 0.889 bits per heavy atom. The van der Waals surface area contributed by atoms with Gasteiger partial charge in [0.05, 0.1) is 16.1 Å². The van der Waals surface area contributed by atoms with Gasteiger partial charge in [0.1, 0.15) is 0 Å². The molecule has 0 N–H and O–H groups in total. The van der Waals surface area contributed by atoms with Crippen molar-refractivity contribution in [3.8, 4) is 0 Å². The quantitative estimate of drug-likeness (QED) is 0.279. The van der Waals surface area contributed by atoms with E-state index in [2.05, 4.69) is 0 Å². The maximum atomic E-state index is 12.3. The summed E-state index contributed by atoms with van der Waals surface area (Å²) in [5, 5.41) is 10.6. The lowest BCUT2D eigenvalue weighted by Gasteiger charge is -2.13. The Kier molecular flexibility index (Phi) is 6.24. The molecule has 1 aliphatic heterocycles. The Morgan fingerprint density at radius 3 is 2.11 bits per heavy atom. The van der Waals surface area contributed by atoms with E-state index in [1.807, 2.05) is 0 Å². The summed E-state index contributed by atoms with van der Waals surface area (Å²) in [6.07, 6.45) is 2.74. The van der Waals surface area contributed by atoms with Gasteiger partial charge in [-0.3, -0.25) is 24.6 Å². The summed E-state index contributed by atoms with van der Waals surface area (Å²) in [6.45, 7) is 0.458. The number of nitro benzene ring substituents is 1. The lowest BCUT2D eigenvalue weighted by Crippen LogP contribution is -2.30. The molecule has 2 amide bonds. The van der Waals surface area contributed by atoms with Gasteiger partial charge in [0, 0.05) is 24.4 Å². The predicted molar refractivity (Wildman–Crippen MR) is 105 cm³/mol. The third-order valence-corrected chi connectivity index (χ3v) is 5.58. The van der Waals surface area contributed by atoms with Crippen LogP contribution in [-0.2, 0) is 5.75 Å². The third kappa shape index (κ3) is 4.54. The zero-order chi connectivity index (χ0) is 19.2. The van der Waals surface area contributed by atoms with E-state index in [0.717, 1.165) is 36.3 Å². The first-order chi connectivity index (χ1) is 13.1. The van der Waals surface area contributed by atoms with Gasteiger partial charge < -0.3 is 0 Å². The van der Waals surface area contributed by atoms with Crippen LogP contribution in [0.5, 0.6) is 0 Å². The fraction of sp³-hybridized carbons (Fsp3) is 0.300. The maximum Gasteiger partial charge on any atom is 0.269 e. The molecule has 140 valence electrons. The summed E-state index contributed by atoms with van der Waals surface area (Å²) in [5.74, 6) is 1.40. The molecule has 1 aliphatic rings. The SMILES string of the molecule is O=C1c2ccccc2C(=O)N1CCCCCSCc1ccc([N+](=O)[O-])cc1. The summed E-state index contributed by atoms with van der Waals surface area (Å²) < 4.78 is 0. The number of hydrogen-bond donors (Lipinski definition) is 0. The van der Waals surface area contributed by atoms with Crippen LogP contribution in [0.2, 0.25) is 0 Å². The van der Waals surface area contributed by atoms with Gasteiger partial charge in [-0.15, -0.1) is 0 Å². The van der Waals surface area contributed by atoms with E-state index in [1.165, 1.54) is 17.0 Å². The molecule has 0 unspecified atom stereocenters. The highest BCUT2D eigenvalue weighted by atomic mass is 32.2. The van der Waals surface area contributed by atoms with Crippen molar-refractivity contribution in [2.45, 2.75) is 25.0 Å². The number of imide groups is 1. The predicted octanol–water partition coefficient (Wildman–Crippen LogP) is 4.29. The molecular weight excluding hydrogens is 364 g/mol. The van der Waals surface area contributed by atoms with Crippen molar-refractivity contribution in [1.82, 2.24) is 4.90 Å². The van der Waals surface area contributed by atoms with Gasteiger partial charge in [0.25, 0.3) is 17.5 Å². The number of nitrogens with zero attached hydrogens (tertiary/aromatic N) is 2. The van der Waals surface area contributed by atoms with E-state index in [1.54, 1.807) is 48.2 Å². The molecular formula is C20H20N2O4S. The second-order valence-corrected chi connectivity index (χ2v) is 7.45. The Balaban J connectivity index is 1.33. The Labute approximate surface area is 161 Å². The molecule has 0 radical (unpaired) electrons. The van der Waals surface area contributed by atoms with E-state index >= 15 is 0 Å². The average molecular weight is 384 g/mol. The summed E-state index contributed by atoms with van der Waals surface area (Å²) in [7, 11) is 0. The largest absolute Gasteiger partial charge is 0.274 e. The summed E-state index contributed by atoms with van der Waals surface area (Å²) in [5.41, 5.74) is 2.18. The topological polar surface area (TPSA) is 80.5 Å². The molecule has 0 bridgehead atoms. The standard InChI is InChI=1S/C20H20N2O4S/c23-19-17-6-2-3-7-18(17)20(24)21(19)12-4-1-5-13-27-14-15-8-10-16(11-9-15)22(25)26/h2-3,6-11H,1,4-5,12-14H2. The van der Waals surface area contributed by atoms with Crippen LogP contribution in [-0.4, -0.2) is 33.9 Å². The lowest BCUT2D eigenvalue weighted by atomic mass is 10.1. The number of unbranched alkanes of at least 4 members (excludes halogenated alkanes) is 2. The Bertz CT molecular complexity index is 816. The van der Waals surface area contributed by atoms with Crippen LogP contribution in [0.25, 0.3) is 0 Å². The monoisotopic (exact) mass is 384 g/mol. The highest BCUT2D eigenvalue weighted by Gasteiger charge is 2.34. The molecule has 2 aromatic rings. The molecule has 0 aromatic heterocycles. The number of carbonyl (C=O) groups excluding carboxylic acids is 2. The number of non-ortho nitro benzene ring substituents is 1. The molecule has 6 nitrogen and oxygen atoms in total. The van der Waals surface area contributed by atoms with Crippen LogP contribution in [0.4, 0.5) is 5.69 Å². The molecule has 0 saturated heterocycles. The molecule has 3 rings (SSSR count). The van der Waals surface area contributed by atoms with Crippen LogP contribution in [0, 0.1) is 10.1 Å². The smallest absolute Gasteiger partial charge is 0.269 e. The van der Waals surface area contributed by atoms with Crippen molar-refractivity contribution < 1.29 is 14.5 Å². The number of hydrogen-bond acceptors (Lipinski definition) is 5. The van der Waals surface area contributed by atoms with E-state index in [-0.39, 0.29) is 17.5 Å². The normalized spacial score (nSPS) is 13.1. The third-order valence-electron chi connectivity index (χ3n) is 4.46. The highest BCUT2D eigenvalue weighted by Crippen LogP contribution is 2.23. The zero-order valence-corrected chi connectivity index (χ0v) is 15.6.